The second kappa shape index (κ2) is 8.14. The third kappa shape index (κ3) is 4.29. The summed E-state index contributed by atoms with van der Waals surface area (Å²) in [7, 11) is 0. The molecule has 7 heteroatoms. The van der Waals surface area contributed by atoms with E-state index in [-0.39, 0.29) is 24.3 Å². The number of hydrogen-bond donors (Lipinski definition) is 1. The minimum absolute atomic E-state index is 0.0657. The highest BCUT2D eigenvalue weighted by Crippen LogP contribution is 2.24. The van der Waals surface area contributed by atoms with Crippen LogP contribution in [0.3, 0.4) is 0 Å². The smallest absolute Gasteiger partial charge is 0.258 e. The molecule has 136 valence electrons. The third-order valence-corrected chi connectivity index (χ3v) is 4.87. The van der Waals surface area contributed by atoms with E-state index in [1.165, 1.54) is 12.1 Å². The second-order valence-electron chi connectivity index (χ2n) is 5.93. The number of hydrogen-bond acceptors (Lipinski definition) is 4. The number of nitrogens with zero attached hydrogens (tertiary/aromatic N) is 2. The monoisotopic (exact) mass is 373 g/mol. The molecule has 5 nitrogen and oxygen atoms in total. The molecule has 26 heavy (non-hydrogen) atoms. The number of thiophene rings is 1. The van der Waals surface area contributed by atoms with Gasteiger partial charge in [-0.25, -0.2) is 4.39 Å². The van der Waals surface area contributed by atoms with E-state index in [1.54, 1.807) is 23.5 Å². The molecule has 0 bridgehead atoms. The lowest BCUT2D eigenvalue weighted by Gasteiger charge is -2.19. The van der Waals surface area contributed by atoms with Crippen molar-refractivity contribution < 1.29 is 13.9 Å². The van der Waals surface area contributed by atoms with Crippen molar-refractivity contribution in [2.45, 2.75) is 19.9 Å². The molecule has 0 aliphatic carbocycles. The Morgan fingerprint density at radius 2 is 2.12 bits per heavy atom. The van der Waals surface area contributed by atoms with Crippen LogP contribution in [0.5, 0.6) is 5.75 Å². The fourth-order valence-electron chi connectivity index (χ4n) is 2.72. The first-order valence-corrected chi connectivity index (χ1v) is 9.12. The Balaban J connectivity index is 1.64. The van der Waals surface area contributed by atoms with Gasteiger partial charge in [0.05, 0.1) is 5.69 Å². The molecule has 1 atom stereocenters. The number of amides is 1. The highest BCUT2D eigenvalue weighted by molar-refractivity contribution is 7.10. The Labute approximate surface area is 155 Å². The fraction of sp³-hybridized carbons (Fsp3) is 0.263. The number of halogens is 1. The Bertz CT molecular complexity index is 877. The first-order valence-electron chi connectivity index (χ1n) is 8.25. The van der Waals surface area contributed by atoms with Crippen LogP contribution >= 0.6 is 11.3 Å². The van der Waals surface area contributed by atoms with Crippen molar-refractivity contribution >= 4 is 17.2 Å². The third-order valence-electron chi connectivity index (χ3n) is 3.90. The van der Waals surface area contributed by atoms with E-state index >= 15 is 0 Å². The Kier molecular flexibility index (Phi) is 5.68. The van der Waals surface area contributed by atoms with Gasteiger partial charge in [0.25, 0.3) is 5.91 Å². The summed E-state index contributed by atoms with van der Waals surface area (Å²) in [6.07, 6.45) is 0. The van der Waals surface area contributed by atoms with Crippen molar-refractivity contribution in [2.75, 3.05) is 13.2 Å². The Morgan fingerprint density at radius 3 is 2.77 bits per heavy atom. The molecule has 0 radical (unpaired) electrons. The van der Waals surface area contributed by atoms with Gasteiger partial charge < -0.3 is 10.1 Å². The van der Waals surface area contributed by atoms with E-state index in [0.29, 0.717) is 6.54 Å². The van der Waals surface area contributed by atoms with Crippen LogP contribution in [0.25, 0.3) is 0 Å². The number of carbonyl (C=O) groups excluding carboxylic acids is 1. The minimum atomic E-state index is -0.487. The molecule has 1 unspecified atom stereocenters. The number of aryl methyl sites for hydroxylation is 2. The summed E-state index contributed by atoms with van der Waals surface area (Å²) in [5, 5.41) is 9.39. The molecule has 0 saturated heterocycles. The standard InChI is InChI=1S/C19H20FN3O2S/c1-13-10-14(2)23(22-13)16(18-8-5-9-26-18)11-21-19(24)12-25-17-7-4-3-6-15(17)20/h3-10,16H,11-12H2,1-2H3,(H,21,24). The van der Waals surface area contributed by atoms with E-state index < -0.39 is 5.82 Å². The van der Waals surface area contributed by atoms with Crippen LogP contribution in [-0.2, 0) is 4.79 Å². The summed E-state index contributed by atoms with van der Waals surface area (Å²) in [6.45, 7) is 4.07. The summed E-state index contributed by atoms with van der Waals surface area (Å²) >= 11 is 1.61. The van der Waals surface area contributed by atoms with E-state index in [0.717, 1.165) is 16.3 Å². The average molecular weight is 373 g/mol. The highest BCUT2D eigenvalue weighted by atomic mass is 32.1. The number of para-hydroxylation sites is 1. The van der Waals surface area contributed by atoms with Crippen LogP contribution in [0.2, 0.25) is 0 Å². The maximum atomic E-state index is 13.5. The van der Waals surface area contributed by atoms with Crippen molar-refractivity contribution in [3.63, 3.8) is 0 Å². The van der Waals surface area contributed by atoms with Gasteiger partial charge in [-0.1, -0.05) is 18.2 Å². The first kappa shape index (κ1) is 18.1. The highest BCUT2D eigenvalue weighted by Gasteiger charge is 2.19. The summed E-state index contributed by atoms with van der Waals surface area (Å²) in [5.74, 6) is -0.730. The van der Waals surface area contributed by atoms with Crippen molar-refractivity contribution in [1.29, 1.82) is 0 Å². The molecule has 1 amide bonds. The molecule has 0 saturated carbocycles. The Morgan fingerprint density at radius 1 is 1.31 bits per heavy atom. The van der Waals surface area contributed by atoms with Crippen molar-refractivity contribution in [2.24, 2.45) is 0 Å². The van der Waals surface area contributed by atoms with Crippen LogP contribution in [0.1, 0.15) is 22.3 Å². The molecular formula is C19H20FN3O2S. The van der Waals surface area contributed by atoms with Crippen molar-refractivity contribution in [3.8, 4) is 5.75 Å². The lowest BCUT2D eigenvalue weighted by atomic mass is 10.2. The zero-order valence-electron chi connectivity index (χ0n) is 14.6. The van der Waals surface area contributed by atoms with E-state index in [1.807, 2.05) is 42.1 Å². The molecule has 0 aliphatic heterocycles. The molecule has 3 rings (SSSR count). The van der Waals surface area contributed by atoms with Gasteiger partial charge in [0.1, 0.15) is 6.04 Å². The van der Waals surface area contributed by atoms with Gasteiger partial charge in [-0.2, -0.15) is 5.10 Å². The van der Waals surface area contributed by atoms with Gasteiger partial charge >= 0.3 is 0 Å². The van der Waals surface area contributed by atoms with E-state index in [2.05, 4.69) is 10.4 Å². The molecule has 2 aromatic heterocycles. The normalized spacial score (nSPS) is 12.0. The number of aromatic nitrogens is 2. The van der Waals surface area contributed by atoms with E-state index in [9.17, 15) is 9.18 Å². The maximum absolute atomic E-state index is 13.5. The Hall–Kier alpha value is -2.67. The lowest BCUT2D eigenvalue weighted by molar-refractivity contribution is -0.123. The summed E-state index contributed by atoms with van der Waals surface area (Å²) in [5.41, 5.74) is 1.95. The van der Waals surface area contributed by atoms with Crippen LogP contribution in [0.15, 0.2) is 47.8 Å². The molecule has 1 N–H and O–H groups in total. The zero-order chi connectivity index (χ0) is 18.5. The summed E-state index contributed by atoms with van der Waals surface area (Å²) in [6, 6.07) is 11.9. The molecular weight excluding hydrogens is 353 g/mol. The SMILES string of the molecule is Cc1cc(C)n(C(CNC(=O)COc2ccccc2F)c2cccs2)n1. The fourth-order valence-corrected chi connectivity index (χ4v) is 3.53. The molecule has 2 heterocycles. The van der Waals surface area contributed by atoms with Gasteiger partial charge in [-0.05, 0) is 43.5 Å². The predicted octanol–water partition coefficient (Wildman–Crippen LogP) is 3.49. The molecule has 1 aromatic carbocycles. The first-order chi connectivity index (χ1) is 12.5. The zero-order valence-corrected chi connectivity index (χ0v) is 15.4. The molecule has 3 aromatic rings. The van der Waals surface area contributed by atoms with E-state index in [4.69, 9.17) is 4.74 Å². The number of benzene rings is 1. The van der Waals surface area contributed by atoms with Gasteiger partial charge in [0, 0.05) is 17.1 Å². The number of rotatable bonds is 7. The van der Waals surface area contributed by atoms with Crippen molar-refractivity contribution in [1.82, 2.24) is 15.1 Å². The topological polar surface area (TPSA) is 56.2 Å². The molecule has 0 fully saturated rings. The number of ether oxygens (including phenoxy) is 1. The van der Waals surface area contributed by atoms with Crippen LogP contribution in [-0.4, -0.2) is 28.8 Å². The van der Waals surface area contributed by atoms with Crippen LogP contribution < -0.4 is 10.1 Å². The van der Waals surface area contributed by atoms with Gasteiger partial charge in [0.15, 0.2) is 18.2 Å². The van der Waals surface area contributed by atoms with Gasteiger partial charge in [-0.3, -0.25) is 9.48 Å². The number of nitrogens with one attached hydrogen (secondary N) is 1. The molecule has 0 spiro atoms. The van der Waals surface area contributed by atoms with Crippen LogP contribution in [0, 0.1) is 19.7 Å². The minimum Gasteiger partial charge on any atom is -0.481 e. The number of carbonyl (C=O) groups is 1. The lowest BCUT2D eigenvalue weighted by Crippen LogP contribution is -2.35. The summed E-state index contributed by atoms with van der Waals surface area (Å²) in [4.78, 5) is 13.2. The molecule has 0 aliphatic rings. The summed E-state index contributed by atoms with van der Waals surface area (Å²) < 4.78 is 20.7. The van der Waals surface area contributed by atoms with Gasteiger partial charge in [-0.15, -0.1) is 11.3 Å². The van der Waals surface area contributed by atoms with Gasteiger partial charge in [0.2, 0.25) is 0 Å². The maximum Gasteiger partial charge on any atom is 0.258 e. The quantitative estimate of drug-likeness (QED) is 0.690. The second-order valence-corrected chi connectivity index (χ2v) is 6.91. The average Bonchev–Trinajstić information content (AvgIpc) is 3.25. The van der Waals surface area contributed by atoms with Crippen molar-refractivity contribution in [3.05, 3.63) is 69.9 Å². The largest absolute Gasteiger partial charge is 0.481 e. The van der Waals surface area contributed by atoms with Crippen LogP contribution in [0.4, 0.5) is 4.39 Å². The predicted molar refractivity (Wildman–Crippen MR) is 99.1 cm³/mol.